The van der Waals surface area contributed by atoms with E-state index in [4.69, 9.17) is 9.16 Å². The smallest absolute Gasteiger partial charge is 0.318 e. The topological polar surface area (TPSA) is 52.6 Å². The molecule has 1 aliphatic heterocycles. The van der Waals surface area contributed by atoms with Crippen molar-refractivity contribution in [2.75, 3.05) is 0 Å². The lowest BCUT2D eigenvalue weighted by Crippen LogP contribution is -2.51. The molecular formula is C15H22O4Si. The van der Waals surface area contributed by atoms with Crippen molar-refractivity contribution in [2.45, 2.75) is 39.9 Å². The van der Waals surface area contributed by atoms with Crippen molar-refractivity contribution >= 4 is 20.3 Å². The maximum Gasteiger partial charge on any atom is 0.318 e. The van der Waals surface area contributed by atoms with E-state index in [1.165, 1.54) is 0 Å². The summed E-state index contributed by atoms with van der Waals surface area (Å²) < 4.78 is 11.1. The van der Waals surface area contributed by atoms with Gasteiger partial charge in [0.15, 0.2) is 0 Å². The Hall–Kier alpha value is -1.10. The summed E-state index contributed by atoms with van der Waals surface area (Å²) in [6.07, 6.45) is 3.01. The van der Waals surface area contributed by atoms with Gasteiger partial charge in [-0.15, -0.1) is 0 Å². The molecule has 2 fully saturated rings. The van der Waals surface area contributed by atoms with Crippen molar-refractivity contribution in [1.82, 2.24) is 0 Å². The van der Waals surface area contributed by atoms with Crippen LogP contribution in [0.1, 0.15) is 20.3 Å². The predicted octanol–water partition coefficient (Wildman–Crippen LogP) is 2.71. The molecule has 0 radical (unpaired) electrons. The predicted molar refractivity (Wildman–Crippen MR) is 76.0 cm³/mol. The monoisotopic (exact) mass is 294 g/mol. The van der Waals surface area contributed by atoms with Crippen molar-refractivity contribution in [2.24, 2.45) is 29.1 Å². The molecule has 5 heteroatoms. The molecule has 0 amide bonds. The van der Waals surface area contributed by atoms with Crippen LogP contribution in [0.4, 0.5) is 0 Å². The van der Waals surface area contributed by atoms with Crippen molar-refractivity contribution in [3.63, 3.8) is 0 Å². The highest BCUT2D eigenvalue weighted by Gasteiger charge is 2.63. The van der Waals surface area contributed by atoms with Crippen LogP contribution >= 0.6 is 0 Å². The van der Waals surface area contributed by atoms with E-state index in [2.05, 4.69) is 39.6 Å². The van der Waals surface area contributed by atoms with Gasteiger partial charge in [0.1, 0.15) is 0 Å². The third kappa shape index (κ3) is 1.94. The number of allylic oxidation sites excluding steroid dienone is 2. The summed E-state index contributed by atoms with van der Waals surface area (Å²) in [5.41, 5.74) is -0.0286. The number of rotatable bonds is 2. The molecule has 110 valence electrons. The van der Waals surface area contributed by atoms with E-state index in [1.807, 2.05) is 0 Å². The first-order chi connectivity index (χ1) is 9.10. The first kappa shape index (κ1) is 13.9. The van der Waals surface area contributed by atoms with Gasteiger partial charge in [0.05, 0.1) is 17.6 Å². The minimum absolute atomic E-state index is 0.0248. The third-order valence-corrected chi connectivity index (χ3v) is 5.51. The van der Waals surface area contributed by atoms with Crippen LogP contribution in [0, 0.1) is 29.1 Å². The van der Waals surface area contributed by atoms with Gasteiger partial charge in [-0.3, -0.25) is 9.59 Å². The van der Waals surface area contributed by atoms with Gasteiger partial charge in [0.2, 0.25) is 8.32 Å². The van der Waals surface area contributed by atoms with Crippen molar-refractivity contribution in [3.8, 4) is 0 Å². The molecule has 0 aromatic carbocycles. The molecule has 4 rings (SSSR count). The minimum Gasteiger partial charge on any atom is -0.547 e. The van der Waals surface area contributed by atoms with E-state index >= 15 is 0 Å². The largest absolute Gasteiger partial charge is 0.547 e. The second-order valence-electron chi connectivity index (χ2n) is 7.91. The normalized spacial score (nSPS) is 38.4. The van der Waals surface area contributed by atoms with Crippen LogP contribution in [0.3, 0.4) is 0 Å². The Morgan fingerprint density at radius 2 is 1.80 bits per heavy atom. The highest BCUT2D eigenvalue weighted by molar-refractivity contribution is 6.70. The Bertz CT molecular complexity index is 514. The second kappa shape index (κ2) is 3.97. The quantitative estimate of drug-likeness (QED) is 0.446. The van der Waals surface area contributed by atoms with Gasteiger partial charge in [-0.2, -0.15) is 0 Å². The lowest BCUT2D eigenvalue weighted by molar-refractivity contribution is -0.154. The number of carbonyl (C=O) groups excluding carboxylic acids is 2. The zero-order valence-corrected chi connectivity index (χ0v) is 13.7. The summed E-state index contributed by atoms with van der Waals surface area (Å²) >= 11 is 0. The first-order valence-corrected chi connectivity index (χ1v) is 10.7. The molecule has 1 saturated heterocycles. The molecule has 20 heavy (non-hydrogen) atoms. The molecule has 0 N–H and O–H groups in total. The van der Waals surface area contributed by atoms with Gasteiger partial charge in [-0.05, 0) is 43.5 Å². The molecule has 4 atom stereocenters. The van der Waals surface area contributed by atoms with E-state index in [0.29, 0.717) is 0 Å². The Morgan fingerprint density at radius 3 is 2.40 bits per heavy atom. The van der Waals surface area contributed by atoms with Crippen molar-refractivity contribution in [3.05, 3.63) is 11.8 Å². The maximum absolute atomic E-state index is 12.1. The number of ether oxygens (including phenoxy) is 1. The molecule has 4 aliphatic rings. The molecule has 2 bridgehead atoms. The number of cyclic esters (lactones) is 2. The zero-order chi connectivity index (χ0) is 14.9. The number of fused-ring (bicyclic) bond motifs is 1. The summed E-state index contributed by atoms with van der Waals surface area (Å²) in [6.45, 7) is 10.7. The fourth-order valence-corrected chi connectivity index (χ4v) is 5.05. The van der Waals surface area contributed by atoms with Crippen LogP contribution < -0.4 is 0 Å². The standard InChI is InChI=1S/C15H22O4Si/c1-15(2)7-8-6-9(19-20(3,4)5)12(15)11-10(8)13(16)18-14(11)17/h6,8,10-12H,7H2,1-5H3/t8-,10-,11-,12-/m0/s1. The average molecular weight is 294 g/mol. The molecule has 0 unspecified atom stereocenters. The zero-order valence-electron chi connectivity index (χ0n) is 12.7. The lowest BCUT2D eigenvalue weighted by Gasteiger charge is -2.51. The Morgan fingerprint density at radius 1 is 1.20 bits per heavy atom. The van der Waals surface area contributed by atoms with Gasteiger partial charge >= 0.3 is 11.9 Å². The first-order valence-electron chi connectivity index (χ1n) is 7.26. The summed E-state index contributed by atoms with van der Waals surface area (Å²) in [4.78, 5) is 24.0. The molecule has 3 aliphatic carbocycles. The number of hydrogen-bond acceptors (Lipinski definition) is 4. The van der Waals surface area contributed by atoms with Gasteiger partial charge in [-0.25, -0.2) is 0 Å². The third-order valence-electron chi connectivity index (χ3n) is 4.67. The van der Waals surface area contributed by atoms with Gasteiger partial charge in [0.25, 0.3) is 0 Å². The summed E-state index contributed by atoms with van der Waals surface area (Å²) in [7, 11) is -1.73. The Balaban J connectivity index is 2.04. The molecule has 0 spiro atoms. The summed E-state index contributed by atoms with van der Waals surface area (Å²) in [5, 5.41) is 0. The van der Waals surface area contributed by atoms with Crippen LogP contribution in [0.5, 0.6) is 0 Å². The van der Waals surface area contributed by atoms with Crippen LogP contribution in [-0.2, 0) is 18.8 Å². The minimum atomic E-state index is -1.73. The molecule has 0 aromatic heterocycles. The Labute approximate surface area is 120 Å². The maximum atomic E-state index is 12.1. The van der Waals surface area contributed by atoms with E-state index in [9.17, 15) is 9.59 Å². The lowest BCUT2D eigenvalue weighted by atomic mass is 9.52. The molecule has 0 aromatic rings. The van der Waals surface area contributed by atoms with Gasteiger partial charge in [0, 0.05) is 5.92 Å². The highest BCUT2D eigenvalue weighted by Crippen LogP contribution is 2.59. The molecule has 4 nitrogen and oxygen atoms in total. The number of esters is 2. The fraction of sp³-hybridized carbons (Fsp3) is 0.733. The highest BCUT2D eigenvalue weighted by atomic mass is 28.4. The number of hydrogen-bond donors (Lipinski definition) is 0. The van der Waals surface area contributed by atoms with Gasteiger partial charge < -0.3 is 9.16 Å². The molecule has 1 saturated carbocycles. The Kier molecular flexibility index (Phi) is 2.75. The van der Waals surface area contributed by atoms with E-state index in [0.717, 1.165) is 12.2 Å². The summed E-state index contributed by atoms with van der Waals surface area (Å²) in [5.74, 6) is -0.338. The van der Waals surface area contributed by atoms with Gasteiger partial charge in [-0.1, -0.05) is 13.8 Å². The van der Waals surface area contributed by atoms with Crippen LogP contribution in [0.2, 0.25) is 19.6 Å². The average Bonchev–Trinajstić information content (AvgIpc) is 2.51. The summed E-state index contributed by atoms with van der Waals surface area (Å²) in [6, 6.07) is 0. The van der Waals surface area contributed by atoms with Crippen LogP contribution in [0.15, 0.2) is 11.8 Å². The van der Waals surface area contributed by atoms with Crippen LogP contribution in [0.25, 0.3) is 0 Å². The fourth-order valence-electron chi connectivity index (χ4n) is 4.15. The molecule has 1 heterocycles. The van der Waals surface area contributed by atoms with Crippen molar-refractivity contribution < 1.29 is 18.8 Å². The second-order valence-corrected chi connectivity index (χ2v) is 12.3. The van der Waals surface area contributed by atoms with Crippen LogP contribution in [-0.4, -0.2) is 20.3 Å². The molecular weight excluding hydrogens is 272 g/mol. The SMILES string of the molecule is CC1(C)C[C@@H]2C=C(O[Si](C)(C)C)[C@H]1[C@H]1C(=O)OC(=O)[C@H]12. The van der Waals surface area contributed by atoms with E-state index in [-0.39, 0.29) is 41.0 Å². The van der Waals surface area contributed by atoms with E-state index in [1.54, 1.807) is 0 Å². The number of carbonyl (C=O) groups is 2. The van der Waals surface area contributed by atoms with E-state index < -0.39 is 8.32 Å². The van der Waals surface area contributed by atoms with Crippen molar-refractivity contribution in [1.29, 1.82) is 0 Å².